The molecule has 0 amide bonds. The normalized spacial score (nSPS) is 24.1. The maximum Gasteiger partial charge on any atom is 0.229 e. The number of rotatable bonds is 6. The van der Waals surface area contributed by atoms with Gasteiger partial charge in [-0.2, -0.15) is 0 Å². The summed E-state index contributed by atoms with van der Waals surface area (Å²) in [6, 6.07) is 11.4. The number of carbonyl (C=O) groups is 1. The summed E-state index contributed by atoms with van der Waals surface area (Å²) in [6.07, 6.45) is 4.79. The van der Waals surface area contributed by atoms with Gasteiger partial charge in [0, 0.05) is 5.56 Å². The summed E-state index contributed by atoms with van der Waals surface area (Å²) < 4.78 is 51.2. The fourth-order valence-electron chi connectivity index (χ4n) is 4.74. The number of fused-ring (bicyclic) bond motifs is 2. The summed E-state index contributed by atoms with van der Waals surface area (Å²) in [5, 5.41) is 14.1. The number of amidine groups is 1. The molecule has 1 atom stereocenters. The standard InChI is InChI=1S/C24H27N3O6S2/c1-24(12-11-14-7-8-14)17-6-4-3-5-16(17)21(28)20(22(24)29)23-25-18-10-9-15(26-34(2,30)31)13-19(18)35(32,33)27-23/h3-6,9-10,13-14,26,28,32-33H,7-8,11-12H2,1-2H3,(H,25,27)/t24-/m0/s1. The van der Waals surface area contributed by atoms with Crippen molar-refractivity contribution in [1.29, 1.82) is 0 Å². The Balaban J connectivity index is 1.58. The van der Waals surface area contributed by atoms with Crippen LogP contribution in [0.2, 0.25) is 0 Å². The minimum atomic E-state index is -3.80. The van der Waals surface area contributed by atoms with Crippen molar-refractivity contribution in [2.24, 2.45) is 10.3 Å². The number of benzene rings is 2. The first-order valence-electron chi connectivity index (χ1n) is 11.2. The van der Waals surface area contributed by atoms with Gasteiger partial charge in [-0.05, 0) is 49.4 Å². The summed E-state index contributed by atoms with van der Waals surface area (Å²) in [5.74, 6) is -0.131. The average Bonchev–Trinajstić information content (AvgIpc) is 3.60. The minimum absolute atomic E-state index is 0.0184. The second kappa shape index (κ2) is 8.09. The lowest BCUT2D eigenvalue weighted by Crippen LogP contribution is -2.42. The van der Waals surface area contributed by atoms with E-state index in [2.05, 4.69) is 14.4 Å². The SMILES string of the molecule is C[C@@]1(CCC2CC2)C(=O)C(C2=NS(O)(O)c3cc(NS(C)(=O)=O)ccc3N2)=C(O)c2ccccc21. The first-order chi connectivity index (χ1) is 16.4. The summed E-state index contributed by atoms with van der Waals surface area (Å²) in [6.45, 7) is 1.86. The zero-order valence-corrected chi connectivity index (χ0v) is 20.9. The van der Waals surface area contributed by atoms with Gasteiger partial charge >= 0.3 is 0 Å². The number of nitrogens with one attached hydrogen (secondary N) is 2. The fraction of sp³-hybridized carbons (Fsp3) is 0.333. The van der Waals surface area contributed by atoms with E-state index in [1.807, 2.05) is 19.1 Å². The van der Waals surface area contributed by atoms with Crippen molar-refractivity contribution in [3.05, 3.63) is 59.2 Å². The summed E-state index contributed by atoms with van der Waals surface area (Å²) in [7, 11) is -7.38. The monoisotopic (exact) mass is 517 g/mol. The molecule has 5 rings (SSSR count). The average molecular weight is 518 g/mol. The van der Waals surface area contributed by atoms with E-state index >= 15 is 0 Å². The van der Waals surface area contributed by atoms with E-state index in [9.17, 15) is 27.4 Å². The van der Waals surface area contributed by atoms with E-state index in [-0.39, 0.29) is 39.2 Å². The van der Waals surface area contributed by atoms with Crippen molar-refractivity contribution in [1.82, 2.24) is 0 Å². The van der Waals surface area contributed by atoms with E-state index in [4.69, 9.17) is 0 Å². The highest BCUT2D eigenvalue weighted by molar-refractivity contribution is 8.23. The van der Waals surface area contributed by atoms with E-state index < -0.39 is 26.2 Å². The molecule has 0 spiro atoms. The Kier molecular flexibility index (Phi) is 5.51. The summed E-state index contributed by atoms with van der Waals surface area (Å²) >= 11 is 0. The van der Waals surface area contributed by atoms with Gasteiger partial charge in [-0.25, -0.2) is 8.42 Å². The molecule has 5 N–H and O–H groups in total. The summed E-state index contributed by atoms with van der Waals surface area (Å²) in [5.41, 5.74) is 0.652. The van der Waals surface area contributed by atoms with Crippen LogP contribution in [0.15, 0.2) is 57.3 Å². The van der Waals surface area contributed by atoms with Gasteiger partial charge in [-0.1, -0.05) is 47.9 Å². The highest BCUT2D eigenvalue weighted by Crippen LogP contribution is 2.57. The molecule has 186 valence electrons. The Hall–Kier alpha value is -2.86. The number of aliphatic hydroxyl groups excluding tert-OH is 1. The Bertz CT molecular complexity index is 1410. The Morgan fingerprint density at radius 1 is 1.20 bits per heavy atom. The second-order valence-electron chi connectivity index (χ2n) is 9.58. The van der Waals surface area contributed by atoms with Gasteiger partial charge in [0.1, 0.15) is 16.2 Å². The fourth-order valence-corrected chi connectivity index (χ4v) is 6.49. The molecule has 0 saturated heterocycles. The third-order valence-corrected chi connectivity index (χ3v) is 8.75. The molecule has 2 aromatic carbocycles. The molecule has 11 heteroatoms. The first-order valence-corrected chi connectivity index (χ1v) is 14.6. The van der Waals surface area contributed by atoms with E-state index in [1.165, 1.54) is 18.2 Å². The number of hydrogen-bond acceptors (Lipinski definition) is 8. The maximum atomic E-state index is 13.9. The maximum absolute atomic E-state index is 13.9. The number of carbonyl (C=O) groups excluding carboxylic acids is 1. The molecule has 0 unspecified atom stereocenters. The van der Waals surface area contributed by atoms with Crippen LogP contribution in [-0.4, -0.2) is 40.5 Å². The van der Waals surface area contributed by atoms with Crippen LogP contribution in [0.3, 0.4) is 0 Å². The van der Waals surface area contributed by atoms with Crippen LogP contribution < -0.4 is 10.0 Å². The zero-order chi connectivity index (χ0) is 25.2. The molecule has 3 aliphatic rings. The molecular formula is C24H27N3O6S2. The number of aliphatic hydroxyl groups is 1. The number of sulfonamides is 1. The molecule has 9 nitrogen and oxygen atoms in total. The van der Waals surface area contributed by atoms with Gasteiger partial charge in [0.15, 0.2) is 11.6 Å². The van der Waals surface area contributed by atoms with Gasteiger partial charge in [-0.15, -0.1) is 4.40 Å². The molecule has 2 aromatic rings. The summed E-state index contributed by atoms with van der Waals surface area (Å²) in [4.78, 5) is 13.9. The predicted molar refractivity (Wildman–Crippen MR) is 137 cm³/mol. The number of nitrogens with zero attached hydrogens (tertiary/aromatic N) is 1. The van der Waals surface area contributed by atoms with E-state index in [1.54, 1.807) is 12.1 Å². The van der Waals surface area contributed by atoms with Crippen LogP contribution in [0, 0.1) is 5.92 Å². The van der Waals surface area contributed by atoms with Crippen molar-refractivity contribution in [3.8, 4) is 0 Å². The molecular weight excluding hydrogens is 490 g/mol. The number of hydrogen-bond donors (Lipinski definition) is 5. The van der Waals surface area contributed by atoms with Crippen LogP contribution >= 0.6 is 10.8 Å². The Labute approximate surface area is 205 Å². The smallest absolute Gasteiger partial charge is 0.229 e. The first kappa shape index (κ1) is 23.9. The van der Waals surface area contributed by atoms with Crippen LogP contribution in [0.4, 0.5) is 11.4 Å². The van der Waals surface area contributed by atoms with E-state index in [0.29, 0.717) is 17.9 Å². The molecule has 1 aliphatic heterocycles. The molecule has 2 aliphatic carbocycles. The predicted octanol–water partition coefficient (Wildman–Crippen LogP) is 4.91. The highest BCUT2D eigenvalue weighted by Gasteiger charge is 2.47. The van der Waals surface area contributed by atoms with Crippen LogP contribution in [0.1, 0.15) is 43.7 Å². The molecule has 1 fully saturated rings. The van der Waals surface area contributed by atoms with Crippen LogP contribution in [-0.2, 0) is 20.2 Å². The lowest BCUT2D eigenvalue weighted by molar-refractivity contribution is -0.120. The third kappa shape index (κ3) is 4.33. The molecule has 0 bridgehead atoms. The van der Waals surface area contributed by atoms with Gasteiger partial charge < -0.3 is 10.4 Å². The van der Waals surface area contributed by atoms with E-state index in [0.717, 1.165) is 31.1 Å². The zero-order valence-electron chi connectivity index (χ0n) is 19.3. The quantitative estimate of drug-likeness (QED) is 0.366. The largest absolute Gasteiger partial charge is 0.506 e. The van der Waals surface area contributed by atoms with Gasteiger partial charge in [-0.3, -0.25) is 18.6 Å². The molecule has 1 heterocycles. The van der Waals surface area contributed by atoms with Crippen LogP contribution in [0.5, 0.6) is 0 Å². The van der Waals surface area contributed by atoms with Crippen molar-refractivity contribution in [2.45, 2.75) is 42.9 Å². The lowest BCUT2D eigenvalue weighted by atomic mass is 9.67. The number of anilines is 2. The van der Waals surface area contributed by atoms with Gasteiger partial charge in [0.2, 0.25) is 10.0 Å². The molecule has 0 radical (unpaired) electrons. The number of Topliss-reactive ketones (excluding diaryl/α,β-unsaturated/α-hetero) is 1. The Morgan fingerprint density at radius 2 is 1.91 bits per heavy atom. The Morgan fingerprint density at radius 3 is 2.60 bits per heavy atom. The number of ketones is 1. The lowest BCUT2D eigenvalue weighted by Gasteiger charge is -2.39. The van der Waals surface area contributed by atoms with Crippen LogP contribution in [0.25, 0.3) is 5.76 Å². The molecule has 0 aromatic heterocycles. The highest BCUT2D eigenvalue weighted by atomic mass is 32.3. The minimum Gasteiger partial charge on any atom is -0.506 e. The topological polar surface area (TPSA) is 148 Å². The van der Waals surface area contributed by atoms with Crippen molar-refractivity contribution in [2.75, 3.05) is 16.3 Å². The second-order valence-corrected chi connectivity index (χ2v) is 13.0. The van der Waals surface area contributed by atoms with Crippen molar-refractivity contribution < 1.29 is 27.4 Å². The van der Waals surface area contributed by atoms with Crippen molar-refractivity contribution in [3.63, 3.8) is 0 Å². The molecule has 35 heavy (non-hydrogen) atoms. The third-order valence-electron chi connectivity index (χ3n) is 6.78. The molecule has 1 saturated carbocycles. The van der Waals surface area contributed by atoms with Gasteiger partial charge in [0.05, 0.1) is 23.0 Å². The van der Waals surface area contributed by atoms with Crippen molar-refractivity contribution >= 4 is 49.6 Å². The van der Waals surface area contributed by atoms with Gasteiger partial charge in [0.25, 0.3) is 0 Å².